The maximum absolute atomic E-state index is 13.0. The summed E-state index contributed by atoms with van der Waals surface area (Å²) in [5.41, 5.74) is 2.85. The third-order valence-corrected chi connectivity index (χ3v) is 5.72. The van der Waals surface area contributed by atoms with Crippen LogP contribution < -0.4 is 15.2 Å². The predicted octanol–water partition coefficient (Wildman–Crippen LogP) is 1.65. The highest BCUT2D eigenvalue weighted by Gasteiger charge is 2.28. The average Bonchev–Trinajstić information content (AvgIpc) is 3.19. The molecule has 2 aliphatic rings. The first-order valence-corrected chi connectivity index (χ1v) is 9.87. The molecular weight excluding hydrogens is 356 g/mol. The van der Waals surface area contributed by atoms with E-state index in [2.05, 4.69) is 10.00 Å². The number of piperazine rings is 1. The van der Waals surface area contributed by atoms with Crippen LogP contribution in [0.4, 0.5) is 5.69 Å². The number of para-hydroxylation sites is 2. The van der Waals surface area contributed by atoms with Gasteiger partial charge in [0.05, 0.1) is 18.5 Å². The maximum Gasteiger partial charge on any atom is 0.267 e. The number of carbonyl (C=O) groups is 1. The number of benzene rings is 1. The number of hydrogen-bond acceptors (Lipinski definition) is 5. The highest BCUT2D eigenvalue weighted by atomic mass is 16.5. The largest absolute Gasteiger partial charge is 0.495 e. The normalized spacial score (nSPS) is 17.4. The van der Waals surface area contributed by atoms with Gasteiger partial charge in [-0.25, -0.2) is 4.68 Å². The summed E-state index contributed by atoms with van der Waals surface area (Å²) in [5.74, 6) is 0.789. The number of amides is 1. The molecule has 7 nitrogen and oxygen atoms in total. The van der Waals surface area contributed by atoms with Gasteiger partial charge in [-0.3, -0.25) is 9.59 Å². The van der Waals surface area contributed by atoms with Crippen LogP contribution in [0, 0.1) is 0 Å². The van der Waals surface area contributed by atoms with Crippen molar-refractivity contribution in [3.05, 3.63) is 51.9 Å². The van der Waals surface area contributed by atoms with Crippen molar-refractivity contribution in [2.45, 2.75) is 32.2 Å². The molecule has 28 heavy (non-hydrogen) atoms. The molecule has 2 heterocycles. The Morgan fingerprint density at radius 3 is 2.64 bits per heavy atom. The third kappa shape index (κ3) is 3.37. The lowest BCUT2D eigenvalue weighted by Crippen LogP contribution is -2.51. The quantitative estimate of drug-likeness (QED) is 0.804. The first kappa shape index (κ1) is 18.5. The van der Waals surface area contributed by atoms with Gasteiger partial charge in [-0.05, 0) is 43.9 Å². The Morgan fingerprint density at radius 2 is 1.89 bits per heavy atom. The van der Waals surface area contributed by atoms with Crippen LogP contribution in [0.15, 0.2) is 35.1 Å². The topological polar surface area (TPSA) is 67.7 Å². The van der Waals surface area contributed by atoms with Gasteiger partial charge in [0.1, 0.15) is 11.8 Å². The van der Waals surface area contributed by atoms with Crippen LogP contribution in [-0.4, -0.2) is 53.9 Å². The number of anilines is 1. The van der Waals surface area contributed by atoms with E-state index >= 15 is 0 Å². The second kappa shape index (κ2) is 7.66. The van der Waals surface area contributed by atoms with Crippen molar-refractivity contribution in [1.82, 2.24) is 14.7 Å². The van der Waals surface area contributed by atoms with Crippen LogP contribution in [0.5, 0.6) is 5.75 Å². The third-order valence-electron chi connectivity index (χ3n) is 5.72. The fourth-order valence-electron chi connectivity index (χ4n) is 4.12. The van der Waals surface area contributed by atoms with E-state index in [1.807, 2.05) is 29.2 Å². The van der Waals surface area contributed by atoms with Crippen molar-refractivity contribution in [3.8, 4) is 5.75 Å². The molecule has 4 rings (SSSR count). The minimum Gasteiger partial charge on any atom is -0.495 e. The fourth-order valence-corrected chi connectivity index (χ4v) is 4.12. The predicted molar refractivity (Wildman–Crippen MR) is 107 cm³/mol. The number of fused-ring (bicyclic) bond motifs is 1. The summed E-state index contributed by atoms with van der Waals surface area (Å²) in [6.45, 7) is 4.45. The smallest absolute Gasteiger partial charge is 0.267 e. The lowest BCUT2D eigenvalue weighted by Gasteiger charge is -2.37. The van der Waals surface area contributed by atoms with E-state index in [1.54, 1.807) is 20.1 Å². The fraction of sp³-hybridized carbons (Fsp3) is 0.476. The summed E-state index contributed by atoms with van der Waals surface area (Å²) in [6, 6.07) is 8.98. The Morgan fingerprint density at radius 1 is 1.14 bits per heavy atom. The minimum atomic E-state index is -0.587. The number of aryl methyl sites for hydroxylation is 2. The molecule has 1 fully saturated rings. The molecule has 1 saturated heterocycles. The van der Waals surface area contributed by atoms with Crippen LogP contribution in [0.3, 0.4) is 0 Å². The molecule has 1 atom stereocenters. The molecule has 1 aliphatic heterocycles. The number of methoxy groups -OCH3 is 1. The van der Waals surface area contributed by atoms with Crippen molar-refractivity contribution in [1.29, 1.82) is 0 Å². The van der Waals surface area contributed by atoms with Crippen LogP contribution in [-0.2, 0) is 17.6 Å². The van der Waals surface area contributed by atoms with Gasteiger partial charge in [0.15, 0.2) is 0 Å². The number of ether oxygens (including phenoxy) is 1. The van der Waals surface area contributed by atoms with Gasteiger partial charge >= 0.3 is 0 Å². The summed E-state index contributed by atoms with van der Waals surface area (Å²) in [6.07, 6.45) is 2.82. The monoisotopic (exact) mass is 382 g/mol. The van der Waals surface area contributed by atoms with Crippen LogP contribution in [0.1, 0.15) is 30.6 Å². The van der Waals surface area contributed by atoms with Gasteiger partial charge in [-0.1, -0.05) is 12.1 Å². The summed E-state index contributed by atoms with van der Waals surface area (Å²) in [5, 5.41) is 4.48. The lowest BCUT2D eigenvalue weighted by atomic mass is 10.2. The van der Waals surface area contributed by atoms with Crippen molar-refractivity contribution in [3.63, 3.8) is 0 Å². The number of nitrogens with zero attached hydrogens (tertiary/aromatic N) is 4. The second-order valence-corrected chi connectivity index (χ2v) is 7.41. The van der Waals surface area contributed by atoms with E-state index in [0.717, 1.165) is 55.0 Å². The van der Waals surface area contributed by atoms with Gasteiger partial charge in [-0.15, -0.1) is 0 Å². The van der Waals surface area contributed by atoms with Gasteiger partial charge < -0.3 is 14.5 Å². The maximum atomic E-state index is 13.0. The Labute approximate surface area is 164 Å². The van der Waals surface area contributed by atoms with E-state index in [-0.39, 0.29) is 11.5 Å². The summed E-state index contributed by atoms with van der Waals surface area (Å²) in [7, 11) is 1.67. The van der Waals surface area contributed by atoms with Gasteiger partial charge in [0, 0.05) is 32.2 Å². The van der Waals surface area contributed by atoms with Crippen LogP contribution in [0.2, 0.25) is 0 Å². The molecule has 1 unspecified atom stereocenters. The average molecular weight is 382 g/mol. The summed E-state index contributed by atoms with van der Waals surface area (Å²) >= 11 is 0. The molecule has 7 heteroatoms. The van der Waals surface area contributed by atoms with E-state index < -0.39 is 6.04 Å². The standard InChI is InChI=1S/C21H26N4O3/c1-15(25-20(26)14-16-6-5-7-17(16)22-25)21(27)24-12-10-23(11-13-24)18-8-3-4-9-19(18)28-2/h3-4,8-9,14-15H,5-7,10-13H2,1-2H3. The van der Waals surface area contributed by atoms with Crippen molar-refractivity contribution in [2.24, 2.45) is 0 Å². The first-order chi connectivity index (χ1) is 13.6. The molecule has 0 spiro atoms. The Kier molecular flexibility index (Phi) is 5.07. The molecule has 0 radical (unpaired) electrons. The molecule has 1 aromatic heterocycles. The summed E-state index contributed by atoms with van der Waals surface area (Å²) < 4.78 is 6.81. The lowest BCUT2D eigenvalue weighted by molar-refractivity contribution is -0.135. The highest BCUT2D eigenvalue weighted by molar-refractivity contribution is 5.80. The van der Waals surface area contributed by atoms with Gasteiger partial charge in [-0.2, -0.15) is 5.10 Å². The van der Waals surface area contributed by atoms with Crippen molar-refractivity contribution in [2.75, 3.05) is 38.2 Å². The highest BCUT2D eigenvalue weighted by Crippen LogP contribution is 2.28. The first-order valence-electron chi connectivity index (χ1n) is 9.87. The van der Waals surface area contributed by atoms with Gasteiger partial charge in [0.2, 0.25) is 5.91 Å². The molecule has 0 saturated carbocycles. The van der Waals surface area contributed by atoms with E-state index in [4.69, 9.17) is 4.74 Å². The Hall–Kier alpha value is -2.83. The zero-order chi connectivity index (χ0) is 19.7. The molecule has 0 N–H and O–H groups in total. The van der Waals surface area contributed by atoms with Crippen molar-refractivity contribution >= 4 is 11.6 Å². The second-order valence-electron chi connectivity index (χ2n) is 7.41. The van der Waals surface area contributed by atoms with Crippen LogP contribution >= 0.6 is 0 Å². The summed E-state index contributed by atoms with van der Waals surface area (Å²) in [4.78, 5) is 29.5. The van der Waals surface area contributed by atoms with E-state index in [0.29, 0.717) is 13.1 Å². The van der Waals surface area contributed by atoms with Crippen LogP contribution in [0.25, 0.3) is 0 Å². The number of rotatable bonds is 4. The molecule has 0 bridgehead atoms. The molecule has 2 aromatic rings. The number of carbonyl (C=O) groups excluding carboxylic acids is 1. The number of hydrogen-bond donors (Lipinski definition) is 0. The molecular formula is C21H26N4O3. The zero-order valence-electron chi connectivity index (χ0n) is 16.4. The molecule has 1 amide bonds. The van der Waals surface area contributed by atoms with E-state index in [9.17, 15) is 9.59 Å². The minimum absolute atomic E-state index is 0.0489. The van der Waals surface area contributed by atoms with E-state index in [1.165, 1.54) is 4.68 Å². The van der Waals surface area contributed by atoms with Crippen molar-refractivity contribution < 1.29 is 9.53 Å². The molecule has 148 valence electrons. The Bertz CT molecular complexity index is 931. The molecule has 1 aromatic carbocycles. The Balaban J connectivity index is 1.45. The number of aromatic nitrogens is 2. The zero-order valence-corrected chi connectivity index (χ0v) is 16.4. The SMILES string of the molecule is COc1ccccc1N1CCN(C(=O)C(C)n2nc3c(cc2=O)CCC3)CC1. The molecule has 1 aliphatic carbocycles. The van der Waals surface area contributed by atoms with Gasteiger partial charge in [0.25, 0.3) is 5.56 Å².